The van der Waals surface area contributed by atoms with Crippen molar-refractivity contribution in [1.29, 1.82) is 0 Å². The standard InChI is InChI=1S/C14H26N4O2S.HI/c1-4-15-14(17-7-8-20-10-9-19-3)16-6-5-13-11-21-12(2)18-13;/h11H,4-10H2,1-3H3,(H2,15,16,17);1H. The average Bonchev–Trinajstić information content (AvgIpc) is 2.88. The number of nitrogens with one attached hydrogen (secondary N) is 2. The Hall–Kier alpha value is -0.450. The van der Waals surface area contributed by atoms with Gasteiger partial charge in [0.2, 0.25) is 0 Å². The van der Waals surface area contributed by atoms with Crippen molar-refractivity contribution >= 4 is 41.3 Å². The first-order valence-corrected chi connectivity index (χ1v) is 8.14. The Kier molecular flexibility index (Phi) is 13.9. The lowest BCUT2D eigenvalue weighted by Crippen LogP contribution is -2.38. The van der Waals surface area contributed by atoms with Gasteiger partial charge in [0.15, 0.2) is 5.96 Å². The summed E-state index contributed by atoms with van der Waals surface area (Å²) in [5.74, 6) is 0.819. The first kappa shape index (κ1) is 21.6. The van der Waals surface area contributed by atoms with E-state index in [0.29, 0.717) is 26.4 Å². The number of nitrogens with zero attached hydrogens (tertiary/aromatic N) is 2. The molecule has 1 heterocycles. The van der Waals surface area contributed by atoms with Gasteiger partial charge in [-0.1, -0.05) is 0 Å². The highest BCUT2D eigenvalue weighted by molar-refractivity contribution is 14.0. The molecule has 6 nitrogen and oxygen atoms in total. The summed E-state index contributed by atoms with van der Waals surface area (Å²) in [4.78, 5) is 8.90. The fraction of sp³-hybridized carbons (Fsp3) is 0.714. The van der Waals surface area contributed by atoms with Gasteiger partial charge in [-0.15, -0.1) is 35.3 Å². The maximum atomic E-state index is 5.38. The molecule has 0 aromatic carbocycles. The van der Waals surface area contributed by atoms with Gasteiger partial charge in [-0.25, -0.2) is 4.98 Å². The predicted molar refractivity (Wildman–Crippen MR) is 103 cm³/mol. The van der Waals surface area contributed by atoms with E-state index in [1.165, 1.54) is 0 Å². The second-order valence-electron chi connectivity index (χ2n) is 4.40. The maximum Gasteiger partial charge on any atom is 0.191 e. The third-order valence-electron chi connectivity index (χ3n) is 2.62. The monoisotopic (exact) mass is 442 g/mol. The number of aromatic nitrogens is 1. The molecular weight excluding hydrogens is 415 g/mol. The zero-order chi connectivity index (χ0) is 15.3. The molecule has 1 aromatic rings. The number of hydrogen-bond acceptors (Lipinski definition) is 5. The van der Waals surface area contributed by atoms with Gasteiger partial charge in [0.1, 0.15) is 0 Å². The molecule has 0 atom stereocenters. The predicted octanol–water partition coefficient (Wildman–Crippen LogP) is 1.83. The molecule has 0 fully saturated rings. The molecule has 0 aliphatic heterocycles. The van der Waals surface area contributed by atoms with Crippen LogP contribution in [0.15, 0.2) is 10.4 Å². The Balaban J connectivity index is 0.00000441. The van der Waals surface area contributed by atoms with Crippen LogP contribution in [0.3, 0.4) is 0 Å². The molecule has 0 aliphatic carbocycles. The van der Waals surface area contributed by atoms with E-state index in [9.17, 15) is 0 Å². The highest BCUT2D eigenvalue weighted by Gasteiger charge is 2.00. The summed E-state index contributed by atoms with van der Waals surface area (Å²) in [6, 6.07) is 0. The van der Waals surface area contributed by atoms with E-state index in [2.05, 4.69) is 32.9 Å². The van der Waals surface area contributed by atoms with E-state index in [0.717, 1.165) is 36.2 Å². The van der Waals surface area contributed by atoms with Gasteiger partial charge in [0, 0.05) is 32.0 Å². The smallest absolute Gasteiger partial charge is 0.191 e. The largest absolute Gasteiger partial charge is 0.382 e. The molecular formula is C14H27IN4O2S. The van der Waals surface area contributed by atoms with E-state index >= 15 is 0 Å². The van der Waals surface area contributed by atoms with E-state index in [1.54, 1.807) is 18.4 Å². The number of aryl methyl sites for hydroxylation is 1. The summed E-state index contributed by atoms with van der Waals surface area (Å²) in [6.07, 6.45) is 0.902. The summed E-state index contributed by atoms with van der Waals surface area (Å²) in [5.41, 5.74) is 1.13. The molecule has 0 spiro atoms. The fourth-order valence-electron chi connectivity index (χ4n) is 1.64. The molecule has 2 N–H and O–H groups in total. The number of rotatable bonds is 10. The van der Waals surface area contributed by atoms with Crippen LogP contribution >= 0.6 is 35.3 Å². The van der Waals surface area contributed by atoms with Crippen LogP contribution in [0, 0.1) is 6.92 Å². The van der Waals surface area contributed by atoms with E-state index in [1.807, 2.05) is 6.92 Å². The zero-order valence-electron chi connectivity index (χ0n) is 13.6. The number of thiazole rings is 1. The Bertz CT molecular complexity index is 415. The van der Waals surface area contributed by atoms with Crippen LogP contribution in [0.5, 0.6) is 0 Å². The van der Waals surface area contributed by atoms with Crippen molar-refractivity contribution in [3.63, 3.8) is 0 Å². The van der Waals surface area contributed by atoms with Crippen molar-refractivity contribution < 1.29 is 9.47 Å². The molecule has 1 aromatic heterocycles. The summed E-state index contributed by atoms with van der Waals surface area (Å²) in [6.45, 7) is 8.20. The van der Waals surface area contributed by atoms with Gasteiger partial charge < -0.3 is 20.1 Å². The molecule has 1 rings (SSSR count). The van der Waals surface area contributed by atoms with Crippen molar-refractivity contribution in [2.45, 2.75) is 20.3 Å². The van der Waals surface area contributed by atoms with Gasteiger partial charge in [-0.05, 0) is 13.8 Å². The lowest BCUT2D eigenvalue weighted by atomic mass is 10.3. The Morgan fingerprint density at radius 1 is 1.32 bits per heavy atom. The quantitative estimate of drug-likeness (QED) is 0.251. The number of hydrogen-bond donors (Lipinski definition) is 2. The van der Waals surface area contributed by atoms with Crippen LogP contribution in [0.1, 0.15) is 17.6 Å². The van der Waals surface area contributed by atoms with Crippen molar-refractivity contribution in [3.05, 3.63) is 16.1 Å². The third-order valence-corrected chi connectivity index (χ3v) is 3.44. The zero-order valence-corrected chi connectivity index (χ0v) is 16.7. The van der Waals surface area contributed by atoms with Crippen molar-refractivity contribution in [2.24, 2.45) is 4.99 Å². The topological polar surface area (TPSA) is 67.8 Å². The summed E-state index contributed by atoms with van der Waals surface area (Å²) >= 11 is 1.69. The molecule has 0 radical (unpaired) electrons. The molecule has 0 saturated heterocycles. The SMILES string of the molecule is CCNC(=NCCOCCOC)NCCc1csc(C)n1.I. The van der Waals surface area contributed by atoms with E-state index in [4.69, 9.17) is 9.47 Å². The van der Waals surface area contributed by atoms with Crippen LogP contribution < -0.4 is 10.6 Å². The third kappa shape index (κ3) is 10.3. The van der Waals surface area contributed by atoms with Gasteiger partial charge in [0.25, 0.3) is 0 Å². The molecule has 0 unspecified atom stereocenters. The van der Waals surface area contributed by atoms with Crippen molar-refractivity contribution in [3.8, 4) is 0 Å². The Labute approximate surface area is 154 Å². The highest BCUT2D eigenvalue weighted by atomic mass is 127. The molecule has 0 amide bonds. The lowest BCUT2D eigenvalue weighted by molar-refractivity contribution is 0.0748. The number of halogens is 1. The van der Waals surface area contributed by atoms with Crippen molar-refractivity contribution in [2.75, 3.05) is 46.6 Å². The maximum absolute atomic E-state index is 5.38. The number of ether oxygens (including phenoxy) is 2. The second-order valence-corrected chi connectivity index (χ2v) is 5.46. The minimum atomic E-state index is 0. The molecule has 128 valence electrons. The van der Waals surface area contributed by atoms with Gasteiger partial charge in [-0.2, -0.15) is 0 Å². The molecule has 0 bridgehead atoms. The minimum Gasteiger partial charge on any atom is -0.382 e. The van der Waals surface area contributed by atoms with Crippen LogP contribution in [0.25, 0.3) is 0 Å². The number of guanidine groups is 1. The molecule has 0 aliphatic rings. The number of aliphatic imine (C=N–C) groups is 1. The average molecular weight is 442 g/mol. The van der Waals surface area contributed by atoms with Gasteiger partial charge in [0.05, 0.1) is 37.1 Å². The fourth-order valence-corrected chi connectivity index (χ4v) is 2.29. The molecule has 8 heteroatoms. The second kappa shape index (κ2) is 14.2. The van der Waals surface area contributed by atoms with Crippen molar-refractivity contribution in [1.82, 2.24) is 15.6 Å². The highest BCUT2D eigenvalue weighted by Crippen LogP contribution is 2.07. The van der Waals surface area contributed by atoms with Gasteiger partial charge >= 0.3 is 0 Å². The first-order chi connectivity index (χ1) is 10.3. The number of methoxy groups -OCH3 is 1. The molecule has 0 saturated carbocycles. The van der Waals surface area contributed by atoms with Crippen LogP contribution in [-0.4, -0.2) is 57.5 Å². The summed E-state index contributed by atoms with van der Waals surface area (Å²) < 4.78 is 10.3. The normalized spacial score (nSPS) is 11.1. The van der Waals surface area contributed by atoms with E-state index < -0.39 is 0 Å². The summed E-state index contributed by atoms with van der Waals surface area (Å²) in [5, 5.41) is 9.73. The summed E-state index contributed by atoms with van der Waals surface area (Å²) in [7, 11) is 1.67. The lowest BCUT2D eigenvalue weighted by Gasteiger charge is -2.10. The minimum absolute atomic E-state index is 0. The first-order valence-electron chi connectivity index (χ1n) is 7.26. The van der Waals surface area contributed by atoms with Gasteiger partial charge in [-0.3, -0.25) is 4.99 Å². The van der Waals surface area contributed by atoms with Crippen LogP contribution in [0.2, 0.25) is 0 Å². The van der Waals surface area contributed by atoms with Crippen LogP contribution in [-0.2, 0) is 15.9 Å². The molecule has 22 heavy (non-hydrogen) atoms. The Morgan fingerprint density at radius 2 is 2.14 bits per heavy atom. The van der Waals surface area contributed by atoms with Crippen LogP contribution in [0.4, 0.5) is 0 Å². The Morgan fingerprint density at radius 3 is 2.77 bits per heavy atom. The van der Waals surface area contributed by atoms with E-state index in [-0.39, 0.29) is 24.0 Å².